The molecule has 2 fully saturated rings. The van der Waals surface area contributed by atoms with E-state index in [1.165, 1.54) is 11.3 Å². The molecule has 1 N–H and O–H groups in total. The zero-order chi connectivity index (χ0) is 19.6. The Balaban J connectivity index is 1.67. The van der Waals surface area contributed by atoms with Crippen molar-refractivity contribution in [3.63, 3.8) is 0 Å². The summed E-state index contributed by atoms with van der Waals surface area (Å²) in [5, 5.41) is 13.8. The van der Waals surface area contributed by atoms with Crippen molar-refractivity contribution in [2.24, 2.45) is 13.0 Å². The van der Waals surface area contributed by atoms with Crippen molar-refractivity contribution in [1.29, 1.82) is 0 Å². The third-order valence-electron chi connectivity index (χ3n) is 6.55. The number of aromatic nitrogens is 2. The van der Waals surface area contributed by atoms with Crippen LogP contribution in [0.25, 0.3) is 0 Å². The van der Waals surface area contributed by atoms with Crippen LogP contribution in [0.2, 0.25) is 0 Å². The molecule has 0 radical (unpaired) electrons. The van der Waals surface area contributed by atoms with Crippen LogP contribution in [-0.4, -0.2) is 87.9 Å². The quantitative estimate of drug-likeness (QED) is 0.807. The summed E-state index contributed by atoms with van der Waals surface area (Å²) < 4.78 is 1.96. The molecule has 0 spiro atoms. The highest BCUT2D eigenvalue weighted by Crippen LogP contribution is 2.29. The number of nitrogens with zero attached hydrogens (tertiary/aromatic N) is 5. The molecule has 2 aliphatic rings. The fourth-order valence-corrected chi connectivity index (χ4v) is 4.74. The van der Waals surface area contributed by atoms with Crippen LogP contribution in [0.15, 0.2) is 0 Å². The normalized spacial score (nSPS) is 25.8. The average Bonchev–Trinajstić information content (AvgIpc) is 2.87. The van der Waals surface area contributed by atoms with Crippen molar-refractivity contribution < 1.29 is 9.90 Å². The lowest BCUT2D eigenvalue weighted by atomic mass is 9.86. The highest BCUT2D eigenvalue weighted by Gasteiger charge is 2.34. The maximum Gasteiger partial charge on any atom is 0.303 e. The predicted octanol–water partition coefficient (Wildman–Crippen LogP) is 1.34. The van der Waals surface area contributed by atoms with E-state index in [-0.39, 0.29) is 6.42 Å². The van der Waals surface area contributed by atoms with E-state index in [4.69, 9.17) is 0 Å². The van der Waals surface area contributed by atoms with Crippen LogP contribution in [-0.2, 0) is 18.4 Å². The van der Waals surface area contributed by atoms with Crippen molar-refractivity contribution in [2.45, 2.75) is 45.7 Å². The molecule has 2 aliphatic heterocycles. The van der Waals surface area contributed by atoms with Crippen LogP contribution >= 0.6 is 0 Å². The molecule has 152 valence electrons. The lowest BCUT2D eigenvalue weighted by Gasteiger charge is -2.46. The predicted molar refractivity (Wildman–Crippen MR) is 106 cm³/mol. The van der Waals surface area contributed by atoms with Gasteiger partial charge in [0.1, 0.15) is 0 Å². The lowest BCUT2D eigenvalue weighted by molar-refractivity contribution is -0.137. The Morgan fingerprint density at radius 2 is 1.85 bits per heavy atom. The molecule has 2 saturated heterocycles. The monoisotopic (exact) mass is 377 g/mol. The van der Waals surface area contributed by atoms with Gasteiger partial charge in [0.05, 0.1) is 5.69 Å². The number of rotatable bonds is 6. The number of piperazine rings is 1. The average molecular weight is 378 g/mol. The number of aryl methyl sites for hydroxylation is 2. The molecule has 3 rings (SSSR count). The van der Waals surface area contributed by atoms with Crippen molar-refractivity contribution in [3.05, 3.63) is 17.0 Å². The van der Waals surface area contributed by atoms with Gasteiger partial charge in [0.25, 0.3) is 0 Å². The molecule has 0 aromatic carbocycles. The molecule has 27 heavy (non-hydrogen) atoms. The van der Waals surface area contributed by atoms with Gasteiger partial charge in [0.15, 0.2) is 0 Å². The second-order valence-electron chi connectivity index (χ2n) is 8.40. The van der Waals surface area contributed by atoms with E-state index in [1.54, 1.807) is 0 Å². The summed E-state index contributed by atoms with van der Waals surface area (Å²) in [6, 6.07) is 0.519. The number of piperidine rings is 1. The third kappa shape index (κ3) is 4.89. The number of carbonyl (C=O) groups is 1. The van der Waals surface area contributed by atoms with Gasteiger partial charge >= 0.3 is 5.97 Å². The van der Waals surface area contributed by atoms with Gasteiger partial charge in [-0.3, -0.25) is 19.3 Å². The first kappa shape index (κ1) is 20.3. The zero-order valence-corrected chi connectivity index (χ0v) is 17.3. The highest BCUT2D eigenvalue weighted by atomic mass is 16.4. The first-order chi connectivity index (χ1) is 12.8. The number of likely N-dealkylation sites (N-methyl/N-ethyl adjacent to an activating group) is 1. The fraction of sp³-hybridized carbons (Fsp3) is 0.800. The minimum atomic E-state index is -0.678. The molecule has 2 atom stereocenters. The molecule has 1 aromatic rings. The van der Waals surface area contributed by atoms with Crippen LogP contribution in [0.3, 0.4) is 0 Å². The summed E-state index contributed by atoms with van der Waals surface area (Å²) in [4.78, 5) is 18.7. The van der Waals surface area contributed by atoms with E-state index in [1.807, 2.05) is 11.7 Å². The summed E-state index contributed by atoms with van der Waals surface area (Å²) in [6.07, 6.45) is 2.17. The Hall–Kier alpha value is -1.44. The highest BCUT2D eigenvalue weighted by molar-refractivity contribution is 5.66. The van der Waals surface area contributed by atoms with E-state index in [2.05, 4.69) is 40.7 Å². The number of aliphatic carboxylic acids is 1. The Morgan fingerprint density at radius 1 is 1.15 bits per heavy atom. The molecule has 7 nitrogen and oxygen atoms in total. The van der Waals surface area contributed by atoms with Crippen molar-refractivity contribution in [1.82, 2.24) is 24.5 Å². The maximum absolute atomic E-state index is 11.2. The van der Waals surface area contributed by atoms with Gasteiger partial charge in [0.2, 0.25) is 0 Å². The minimum Gasteiger partial charge on any atom is -0.481 e. The van der Waals surface area contributed by atoms with Gasteiger partial charge in [-0.05, 0) is 46.2 Å². The van der Waals surface area contributed by atoms with Crippen molar-refractivity contribution in [3.8, 4) is 0 Å². The lowest BCUT2D eigenvalue weighted by Crippen LogP contribution is -2.56. The number of carboxylic acid groups (broad SMARTS) is 1. The Bertz CT molecular complexity index is 651. The summed E-state index contributed by atoms with van der Waals surface area (Å²) in [5.74, 6) is -0.251. The standard InChI is InChI=1S/C20H35N5O2/c1-15-18(16(2)23(4)21-15)14-24-8-7-19(17(13-24)5-6-20(26)27)25-11-9-22(3)10-12-25/h17,19H,5-14H2,1-4H3,(H,26,27)/t17-,19+/m1/s1. The van der Waals surface area contributed by atoms with Gasteiger partial charge in [-0.2, -0.15) is 5.10 Å². The molecule has 0 saturated carbocycles. The molecule has 1 aromatic heterocycles. The Kier molecular flexibility index (Phi) is 6.55. The topological polar surface area (TPSA) is 64.8 Å². The number of hydrogen-bond donors (Lipinski definition) is 1. The summed E-state index contributed by atoms with van der Waals surface area (Å²) in [7, 11) is 4.18. The van der Waals surface area contributed by atoms with Gasteiger partial charge in [-0.1, -0.05) is 0 Å². The SMILES string of the molecule is Cc1nn(C)c(C)c1CN1CC[C@H](N2CCN(C)CC2)[C@H](CCC(=O)O)C1. The molecule has 7 heteroatoms. The van der Waals surface area contributed by atoms with E-state index in [0.29, 0.717) is 12.0 Å². The molecule has 0 bridgehead atoms. The van der Waals surface area contributed by atoms with E-state index >= 15 is 0 Å². The van der Waals surface area contributed by atoms with Gasteiger partial charge in [-0.25, -0.2) is 0 Å². The number of carboxylic acids is 1. The number of likely N-dealkylation sites (tertiary alicyclic amines) is 1. The minimum absolute atomic E-state index is 0.272. The largest absolute Gasteiger partial charge is 0.481 e. The zero-order valence-electron chi connectivity index (χ0n) is 17.3. The summed E-state index contributed by atoms with van der Waals surface area (Å²) in [5.41, 5.74) is 3.67. The van der Waals surface area contributed by atoms with E-state index < -0.39 is 5.97 Å². The molecule has 0 unspecified atom stereocenters. The summed E-state index contributed by atoms with van der Waals surface area (Å²) in [6.45, 7) is 11.6. The van der Waals surface area contributed by atoms with Crippen molar-refractivity contribution >= 4 is 5.97 Å². The summed E-state index contributed by atoms with van der Waals surface area (Å²) >= 11 is 0. The molecule has 0 aliphatic carbocycles. The van der Waals surface area contributed by atoms with Crippen LogP contribution in [0.5, 0.6) is 0 Å². The van der Waals surface area contributed by atoms with E-state index in [9.17, 15) is 9.90 Å². The molecular formula is C20H35N5O2. The maximum atomic E-state index is 11.2. The van der Waals surface area contributed by atoms with Crippen molar-refractivity contribution in [2.75, 3.05) is 46.3 Å². The van der Waals surface area contributed by atoms with Gasteiger partial charge in [-0.15, -0.1) is 0 Å². The van der Waals surface area contributed by atoms with Crippen LogP contribution < -0.4 is 0 Å². The van der Waals surface area contributed by atoms with Crippen LogP contribution in [0, 0.1) is 19.8 Å². The first-order valence-electron chi connectivity index (χ1n) is 10.2. The smallest absolute Gasteiger partial charge is 0.303 e. The van der Waals surface area contributed by atoms with Gasteiger partial charge < -0.3 is 10.0 Å². The van der Waals surface area contributed by atoms with E-state index in [0.717, 1.165) is 64.3 Å². The molecule has 3 heterocycles. The Morgan fingerprint density at radius 3 is 2.44 bits per heavy atom. The van der Waals surface area contributed by atoms with Gasteiger partial charge in [0, 0.05) is 70.0 Å². The fourth-order valence-electron chi connectivity index (χ4n) is 4.74. The Labute approximate surface area is 162 Å². The number of hydrogen-bond acceptors (Lipinski definition) is 5. The molecular weight excluding hydrogens is 342 g/mol. The molecule has 0 amide bonds. The van der Waals surface area contributed by atoms with Crippen LogP contribution in [0.1, 0.15) is 36.2 Å². The second-order valence-corrected chi connectivity index (χ2v) is 8.40. The third-order valence-corrected chi connectivity index (χ3v) is 6.55. The first-order valence-corrected chi connectivity index (χ1v) is 10.2. The van der Waals surface area contributed by atoms with Crippen LogP contribution in [0.4, 0.5) is 0 Å². The second kappa shape index (κ2) is 8.71.